The number of esters is 1. The fourth-order valence-corrected chi connectivity index (χ4v) is 2.37. The van der Waals surface area contributed by atoms with E-state index in [2.05, 4.69) is 0 Å². The number of amides is 1. The number of hydrogen-bond donors (Lipinski definition) is 1. The van der Waals surface area contributed by atoms with Crippen molar-refractivity contribution >= 4 is 17.8 Å². The molecule has 0 bridgehead atoms. The Balaban J connectivity index is 2.51. The number of carboxylic acids is 1. The van der Waals surface area contributed by atoms with E-state index in [1.54, 1.807) is 6.92 Å². The fraction of sp³-hybridized carbons (Fsp3) is 0.769. The molecule has 0 atom stereocenters. The molecule has 0 aliphatic heterocycles. The molecule has 0 aromatic heterocycles. The van der Waals surface area contributed by atoms with E-state index in [1.165, 1.54) is 4.90 Å². The molecule has 0 aromatic carbocycles. The average Bonchev–Trinajstić information content (AvgIpc) is 2.86. The van der Waals surface area contributed by atoms with Gasteiger partial charge in [-0.2, -0.15) is 0 Å². The lowest BCUT2D eigenvalue weighted by atomic mass is 10.1. The molecule has 1 rings (SSSR count). The Hall–Kier alpha value is -1.59. The Labute approximate surface area is 112 Å². The van der Waals surface area contributed by atoms with Crippen LogP contribution in [0.4, 0.5) is 0 Å². The van der Waals surface area contributed by atoms with Gasteiger partial charge >= 0.3 is 11.9 Å². The van der Waals surface area contributed by atoms with Crippen molar-refractivity contribution in [3.63, 3.8) is 0 Å². The van der Waals surface area contributed by atoms with Gasteiger partial charge in [-0.15, -0.1) is 0 Å². The van der Waals surface area contributed by atoms with Crippen LogP contribution in [0.25, 0.3) is 0 Å². The second-order valence-electron chi connectivity index (χ2n) is 4.66. The zero-order valence-electron chi connectivity index (χ0n) is 11.3. The zero-order chi connectivity index (χ0) is 14.3. The Morgan fingerprint density at radius 2 is 1.84 bits per heavy atom. The maximum absolute atomic E-state index is 12.0. The Morgan fingerprint density at radius 3 is 2.37 bits per heavy atom. The van der Waals surface area contributed by atoms with Crippen molar-refractivity contribution in [3.05, 3.63) is 0 Å². The van der Waals surface area contributed by atoms with Crippen LogP contribution in [0, 0.1) is 0 Å². The lowest BCUT2D eigenvalue weighted by Crippen LogP contribution is -2.42. The van der Waals surface area contributed by atoms with Crippen molar-refractivity contribution in [1.29, 1.82) is 0 Å². The van der Waals surface area contributed by atoms with Gasteiger partial charge in [0.05, 0.1) is 13.0 Å². The molecule has 0 aromatic rings. The quantitative estimate of drug-likeness (QED) is 0.703. The predicted molar refractivity (Wildman–Crippen MR) is 67.5 cm³/mol. The molecule has 1 amide bonds. The van der Waals surface area contributed by atoms with Crippen LogP contribution in [-0.4, -0.2) is 47.0 Å². The summed E-state index contributed by atoms with van der Waals surface area (Å²) in [6.45, 7) is 1.70. The van der Waals surface area contributed by atoms with Gasteiger partial charge < -0.3 is 14.7 Å². The molecular formula is C13H21NO5. The van der Waals surface area contributed by atoms with Gasteiger partial charge in [0.15, 0.2) is 0 Å². The number of carboxylic acid groups (broad SMARTS) is 1. The molecule has 0 radical (unpaired) electrons. The van der Waals surface area contributed by atoms with E-state index in [0.29, 0.717) is 0 Å². The number of hydrogen-bond acceptors (Lipinski definition) is 4. The topological polar surface area (TPSA) is 83.9 Å². The second-order valence-corrected chi connectivity index (χ2v) is 4.66. The van der Waals surface area contributed by atoms with Crippen molar-refractivity contribution < 1.29 is 24.2 Å². The van der Waals surface area contributed by atoms with E-state index in [1.807, 2.05) is 0 Å². The maximum Gasteiger partial charge on any atom is 0.323 e. The molecule has 0 spiro atoms. The van der Waals surface area contributed by atoms with Crippen molar-refractivity contribution in [2.24, 2.45) is 0 Å². The van der Waals surface area contributed by atoms with Gasteiger partial charge in [0.2, 0.25) is 5.91 Å². The van der Waals surface area contributed by atoms with Crippen molar-refractivity contribution in [3.8, 4) is 0 Å². The number of nitrogens with zero attached hydrogens (tertiary/aromatic N) is 1. The van der Waals surface area contributed by atoms with E-state index in [-0.39, 0.29) is 37.9 Å². The van der Waals surface area contributed by atoms with E-state index in [9.17, 15) is 14.4 Å². The highest BCUT2D eigenvalue weighted by atomic mass is 16.5. The normalized spacial score (nSPS) is 15.2. The summed E-state index contributed by atoms with van der Waals surface area (Å²) in [6, 6.07) is 0.00537. The second kappa shape index (κ2) is 7.76. The molecule has 1 aliphatic carbocycles. The van der Waals surface area contributed by atoms with Crippen LogP contribution in [0.2, 0.25) is 0 Å². The highest BCUT2D eigenvalue weighted by molar-refractivity contribution is 5.84. The smallest absolute Gasteiger partial charge is 0.323 e. The zero-order valence-corrected chi connectivity index (χ0v) is 11.3. The fourth-order valence-electron chi connectivity index (χ4n) is 2.37. The minimum absolute atomic E-state index is 0.00537. The summed E-state index contributed by atoms with van der Waals surface area (Å²) in [7, 11) is 0. The first-order valence-electron chi connectivity index (χ1n) is 6.71. The van der Waals surface area contributed by atoms with Gasteiger partial charge in [-0.25, -0.2) is 0 Å². The number of carbonyl (C=O) groups excluding carboxylic acids is 2. The van der Waals surface area contributed by atoms with Crippen LogP contribution in [0.3, 0.4) is 0 Å². The predicted octanol–water partition coefficient (Wildman–Crippen LogP) is 1.19. The van der Waals surface area contributed by atoms with Gasteiger partial charge in [-0.05, 0) is 19.8 Å². The lowest BCUT2D eigenvalue weighted by Gasteiger charge is -2.27. The molecule has 6 nitrogen and oxygen atoms in total. The van der Waals surface area contributed by atoms with Crippen LogP contribution in [0.15, 0.2) is 0 Å². The largest absolute Gasteiger partial charge is 0.480 e. The van der Waals surface area contributed by atoms with E-state index >= 15 is 0 Å². The van der Waals surface area contributed by atoms with Gasteiger partial charge in [0, 0.05) is 12.5 Å². The summed E-state index contributed by atoms with van der Waals surface area (Å²) < 4.78 is 4.75. The summed E-state index contributed by atoms with van der Waals surface area (Å²) in [5.74, 6) is -1.71. The minimum atomic E-state index is -1.02. The lowest BCUT2D eigenvalue weighted by molar-refractivity contribution is -0.148. The number of rotatable bonds is 7. The van der Waals surface area contributed by atoms with Crippen LogP contribution in [0.5, 0.6) is 0 Å². The molecular weight excluding hydrogens is 250 g/mol. The minimum Gasteiger partial charge on any atom is -0.480 e. The van der Waals surface area contributed by atoms with Crippen LogP contribution in [0.1, 0.15) is 45.4 Å². The van der Waals surface area contributed by atoms with E-state index < -0.39 is 11.9 Å². The Bertz CT molecular complexity index is 336. The van der Waals surface area contributed by atoms with Crippen LogP contribution < -0.4 is 0 Å². The molecule has 1 fully saturated rings. The molecule has 0 unspecified atom stereocenters. The molecule has 0 heterocycles. The standard InChI is InChI=1S/C13H21NO5/c1-2-19-13(18)8-7-11(15)14(9-12(16)17)10-5-3-4-6-10/h10H,2-9H2,1H3,(H,16,17). The van der Waals surface area contributed by atoms with Crippen molar-refractivity contribution in [2.45, 2.75) is 51.5 Å². The van der Waals surface area contributed by atoms with Crippen molar-refractivity contribution in [1.82, 2.24) is 4.90 Å². The summed E-state index contributed by atoms with van der Waals surface area (Å²) in [5, 5.41) is 8.87. The highest BCUT2D eigenvalue weighted by Gasteiger charge is 2.28. The molecule has 108 valence electrons. The van der Waals surface area contributed by atoms with Gasteiger partial charge in [-0.3, -0.25) is 14.4 Å². The monoisotopic (exact) mass is 271 g/mol. The SMILES string of the molecule is CCOC(=O)CCC(=O)N(CC(=O)O)C1CCCC1. The summed E-state index contributed by atoms with van der Waals surface area (Å²) in [4.78, 5) is 35.5. The number of aliphatic carboxylic acids is 1. The number of carbonyl (C=O) groups is 3. The van der Waals surface area contributed by atoms with Gasteiger partial charge in [0.25, 0.3) is 0 Å². The van der Waals surface area contributed by atoms with E-state index in [0.717, 1.165) is 25.7 Å². The first-order valence-corrected chi connectivity index (χ1v) is 6.71. The summed E-state index contributed by atoms with van der Waals surface area (Å²) in [5.41, 5.74) is 0. The molecule has 19 heavy (non-hydrogen) atoms. The average molecular weight is 271 g/mol. The molecule has 1 N–H and O–H groups in total. The summed E-state index contributed by atoms with van der Waals surface area (Å²) >= 11 is 0. The summed E-state index contributed by atoms with van der Waals surface area (Å²) in [6.07, 6.45) is 3.76. The Kier molecular flexibility index (Phi) is 6.32. The highest BCUT2D eigenvalue weighted by Crippen LogP contribution is 2.24. The third kappa shape index (κ3) is 5.28. The molecule has 0 saturated heterocycles. The molecule has 1 aliphatic rings. The molecule has 6 heteroatoms. The Morgan fingerprint density at radius 1 is 1.21 bits per heavy atom. The molecule has 1 saturated carbocycles. The third-order valence-electron chi connectivity index (χ3n) is 3.24. The first kappa shape index (κ1) is 15.5. The number of ether oxygens (including phenoxy) is 1. The third-order valence-corrected chi connectivity index (χ3v) is 3.24. The van der Waals surface area contributed by atoms with Gasteiger partial charge in [-0.1, -0.05) is 12.8 Å². The van der Waals surface area contributed by atoms with Crippen LogP contribution in [-0.2, 0) is 19.1 Å². The maximum atomic E-state index is 12.0. The van der Waals surface area contributed by atoms with E-state index in [4.69, 9.17) is 9.84 Å². The van der Waals surface area contributed by atoms with Crippen molar-refractivity contribution in [2.75, 3.05) is 13.2 Å². The van der Waals surface area contributed by atoms with Gasteiger partial charge in [0.1, 0.15) is 6.54 Å². The first-order chi connectivity index (χ1) is 9.04. The van der Waals surface area contributed by atoms with Crippen LogP contribution >= 0.6 is 0 Å².